The highest BCUT2D eigenvalue weighted by Gasteiger charge is 2.62. The maximum atomic E-state index is 12.8. The molecule has 4 rings (SSSR count). The van der Waals surface area contributed by atoms with E-state index in [9.17, 15) is 4.79 Å². The van der Waals surface area contributed by atoms with Crippen LogP contribution in [0.25, 0.3) is 0 Å². The quantitative estimate of drug-likeness (QED) is 0.713. The van der Waals surface area contributed by atoms with Gasteiger partial charge in [-0.1, -0.05) is 60.7 Å². The Morgan fingerprint density at radius 3 is 2.30 bits per heavy atom. The molecule has 3 heteroatoms. The van der Waals surface area contributed by atoms with Crippen molar-refractivity contribution in [2.45, 2.75) is 37.5 Å². The molecule has 0 N–H and O–H groups in total. The van der Waals surface area contributed by atoms with Crippen LogP contribution in [0.3, 0.4) is 0 Å². The van der Waals surface area contributed by atoms with Crippen molar-refractivity contribution in [2.24, 2.45) is 5.92 Å². The van der Waals surface area contributed by atoms with Gasteiger partial charge in [0.05, 0.1) is 12.0 Å². The summed E-state index contributed by atoms with van der Waals surface area (Å²) in [6, 6.07) is 21.1. The summed E-state index contributed by atoms with van der Waals surface area (Å²) in [6.45, 7) is 5.56. The van der Waals surface area contributed by atoms with Gasteiger partial charge in [0.2, 0.25) is 0 Å². The predicted molar refractivity (Wildman–Crippen MR) is 108 cm³/mol. The van der Waals surface area contributed by atoms with Gasteiger partial charge in [-0.25, -0.2) is 0 Å². The molecule has 2 atom stereocenters. The van der Waals surface area contributed by atoms with E-state index in [1.807, 2.05) is 25.1 Å². The van der Waals surface area contributed by atoms with Crippen molar-refractivity contribution in [2.75, 3.05) is 26.2 Å². The van der Waals surface area contributed by atoms with Crippen LogP contribution >= 0.6 is 0 Å². The summed E-state index contributed by atoms with van der Waals surface area (Å²) < 4.78 is 5.46. The van der Waals surface area contributed by atoms with Crippen molar-refractivity contribution in [3.8, 4) is 0 Å². The summed E-state index contributed by atoms with van der Waals surface area (Å²) in [5, 5.41) is 0. The van der Waals surface area contributed by atoms with Gasteiger partial charge in [-0.05, 0) is 62.2 Å². The summed E-state index contributed by atoms with van der Waals surface area (Å²) in [6.07, 6.45) is 3.32. The Balaban J connectivity index is 1.39. The number of rotatable bonds is 6. The zero-order chi connectivity index (χ0) is 18.7. The smallest absolute Gasteiger partial charge is 0.316 e. The number of likely N-dealkylation sites (tertiary alicyclic amines) is 1. The second-order valence-corrected chi connectivity index (χ2v) is 7.94. The van der Waals surface area contributed by atoms with Crippen LogP contribution in [-0.4, -0.2) is 37.1 Å². The lowest BCUT2D eigenvalue weighted by atomic mass is 9.89. The number of piperidine rings is 1. The molecule has 1 aliphatic carbocycles. The van der Waals surface area contributed by atoms with Crippen LogP contribution in [-0.2, 0) is 14.9 Å². The molecular weight excluding hydrogens is 334 g/mol. The van der Waals surface area contributed by atoms with Crippen LogP contribution in [0.15, 0.2) is 60.7 Å². The maximum Gasteiger partial charge on any atom is 0.316 e. The van der Waals surface area contributed by atoms with Crippen LogP contribution in [0.1, 0.15) is 43.2 Å². The lowest BCUT2D eigenvalue weighted by Crippen LogP contribution is -2.37. The van der Waals surface area contributed by atoms with E-state index in [2.05, 4.69) is 47.4 Å². The monoisotopic (exact) mass is 363 g/mol. The molecule has 0 amide bonds. The lowest BCUT2D eigenvalue weighted by molar-refractivity contribution is -0.146. The molecule has 1 saturated heterocycles. The van der Waals surface area contributed by atoms with Crippen LogP contribution < -0.4 is 0 Å². The molecule has 142 valence electrons. The molecule has 1 saturated carbocycles. The summed E-state index contributed by atoms with van der Waals surface area (Å²) in [4.78, 5) is 15.3. The number of ether oxygens (including phenoxy) is 1. The van der Waals surface area contributed by atoms with Gasteiger partial charge < -0.3 is 9.64 Å². The summed E-state index contributed by atoms with van der Waals surface area (Å²) >= 11 is 0. The highest BCUT2D eigenvalue weighted by Crippen LogP contribution is 2.55. The summed E-state index contributed by atoms with van der Waals surface area (Å²) in [7, 11) is 0. The van der Waals surface area contributed by atoms with Gasteiger partial charge in [0, 0.05) is 6.54 Å². The standard InChI is InChI=1S/C24H29NO2/c1-2-27-23(26)24(21-11-7-4-8-12-21)17-22(24)18-25-15-13-20(14-16-25)19-9-5-3-6-10-19/h3-12,20,22H,2,13-18H2,1H3. The van der Waals surface area contributed by atoms with Gasteiger partial charge in [-0.2, -0.15) is 0 Å². The Hall–Kier alpha value is -2.13. The number of hydrogen-bond acceptors (Lipinski definition) is 3. The molecule has 2 aromatic carbocycles. The highest BCUT2D eigenvalue weighted by atomic mass is 16.5. The second kappa shape index (κ2) is 7.85. The van der Waals surface area contributed by atoms with Gasteiger partial charge in [0.15, 0.2) is 0 Å². The number of benzene rings is 2. The first-order valence-corrected chi connectivity index (χ1v) is 10.2. The van der Waals surface area contributed by atoms with Gasteiger partial charge in [0.25, 0.3) is 0 Å². The molecule has 2 aromatic rings. The lowest BCUT2D eigenvalue weighted by Gasteiger charge is -2.32. The van der Waals surface area contributed by atoms with E-state index in [1.165, 1.54) is 18.4 Å². The Bertz CT molecular complexity index is 752. The van der Waals surface area contributed by atoms with Crippen molar-refractivity contribution < 1.29 is 9.53 Å². The van der Waals surface area contributed by atoms with Crippen molar-refractivity contribution in [1.82, 2.24) is 4.90 Å². The maximum absolute atomic E-state index is 12.8. The van der Waals surface area contributed by atoms with E-state index < -0.39 is 5.41 Å². The number of esters is 1. The molecule has 3 nitrogen and oxygen atoms in total. The Morgan fingerprint density at radius 1 is 1.04 bits per heavy atom. The molecular formula is C24H29NO2. The molecule has 27 heavy (non-hydrogen) atoms. The van der Waals surface area contributed by atoms with Gasteiger partial charge in [-0.15, -0.1) is 0 Å². The average molecular weight is 364 g/mol. The molecule has 0 radical (unpaired) electrons. The molecule has 2 fully saturated rings. The van der Waals surface area contributed by atoms with Crippen molar-refractivity contribution in [3.63, 3.8) is 0 Å². The Labute approximate surface area is 162 Å². The van der Waals surface area contributed by atoms with E-state index in [1.54, 1.807) is 0 Å². The zero-order valence-corrected chi connectivity index (χ0v) is 16.1. The van der Waals surface area contributed by atoms with E-state index in [0.717, 1.165) is 31.6 Å². The van der Waals surface area contributed by atoms with E-state index in [4.69, 9.17) is 4.74 Å². The van der Waals surface area contributed by atoms with Crippen LogP contribution in [0.5, 0.6) is 0 Å². The fraction of sp³-hybridized carbons (Fsp3) is 0.458. The normalized spacial score (nSPS) is 25.9. The van der Waals surface area contributed by atoms with Crippen LogP contribution in [0.4, 0.5) is 0 Å². The van der Waals surface area contributed by atoms with Crippen molar-refractivity contribution >= 4 is 5.97 Å². The second-order valence-electron chi connectivity index (χ2n) is 7.94. The molecule has 0 bridgehead atoms. The minimum Gasteiger partial charge on any atom is -0.465 e. The third-order valence-electron chi connectivity index (χ3n) is 6.37. The van der Waals surface area contributed by atoms with Gasteiger partial charge in [-0.3, -0.25) is 4.79 Å². The van der Waals surface area contributed by atoms with E-state index >= 15 is 0 Å². The average Bonchev–Trinajstić information content (AvgIpc) is 3.45. The fourth-order valence-corrected chi connectivity index (χ4v) is 4.75. The Kier molecular flexibility index (Phi) is 5.31. The van der Waals surface area contributed by atoms with Gasteiger partial charge >= 0.3 is 5.97 Å². The minimum absolute atomic E-state index is 0.0413. The first kappa shape index (κ1) is 18.2. The molecule has 1 aliphatic heterocycles. The fourth-order valence-electron chi connectivity index (χ4n) is 4.75. The van der Waals surface area contributed by atoms with Crippen LogP contribution in [0.2, 0.25) is 0 Å². The van der Waals surface area contributed by atoms with Crippen molar-refractivity contribution in [1.29, 1.82) is 0 Å². The molecule has 2 aliphatic rings. The van der Waals surface area contributed by atoms with Crippen LogP contribution in [0, 0.1) is 5.92 Å². The number of carbonyl (C=O) groups is 1. The number of nitrogens with zero attached hydrogens (tertiary/aromatic N) is 1. The number of hydrogen-bond donors (Lipinski definition) is 0. The summed E-state index contributed by atoms with van der Waals surface area (Å²) in [5.74, 6) is 0.998. The molecule has 2 unspecified atom stereocenters. The third kappa shape index (κ3) is 3.66. The first-order chi connectivity index (χ1) is 13.2. The largest absolute Gasteiger partial charge is 0.465 e. The Morgan fingerprint density at radius 2 is 1.67 bits per heavy atom. The molecule has 0 spiro atoms. The predicted octanol–water partition coefficient (Wildman–Crippen LogP) is 4.39. The third-order valence-corrected chi connectivity index (χ3v) is 6.37. The van der Waals surface area contributed by atoms with Gasteiger partial charge in [0.1, 0.15) is 0 Å². The highest BCUT2D eigenvalue weighted by molar-refractivity contribution is 5.87. The summed E-state index contributed by atoms with van der Waals surface area (Å²) in [5.41, 5.74) is 2.16. The number of carbonyl (C=O) groups excluding carboxylic acids is 1. The topological polar surface area (TPSA) is 29.5 Å². The SMILES string of the molecule is CCOC(=O)C1(c2ccccc2)CC1CN1CCC(c2ccccc2)CC1. The van der Waals surface area contributed by atoms with Crippen molar-refractivity contribution in [3.05, 3.63) is 71.8 Å². The zero-order valence-electron chi connectivity index (χ0n) is 16.1. The molecule has 0 aromatic heterocycles. The first-order valence-electron chi connectivity index (χ1n) is 10.2. The van der Waals surface area contributed by atoms with E-state index in [-0.39, 0.29) is 5.97 Å². The van der Waals surface area contributed by atoms with E-state index in [0.29, 0.717) is 18.4 Å². The minimum atomic E-state index is -0.423. The molecule has 1 heterocycles.